The molecule has 0 spiro atoms. The van der Waals surface area contributed by atoms with Crippen LogP contribution in [0.5, 0.6) is 0 Å². The molecule has 0 aromatic heterocycles. The molecule has 0 bridgehead atoms. The van der Waals surface area contributed by atoms with Crippen LogP contribution >= 0.6 is 0 Å². The summed E-state index contributed by atoms with van der Waals surface area (Å²) in [6.07, 6.45) is -16.0. The van der Waals surface area contributed by atoms with Crippen molar-refractivity contribution in [2.75, 3.05) is 13.2 Å². The normalized spacial score (nSPS) is 23.0. The van der Waals surface area contributed by atoms with Crippen molar-refractivity contribution in [1.82, 2.24) is 0 Å². The molecule has 132 valence electrons. The fraction of sp³-hybridized carbons (Fsp3) is 0.833. The molecule has 0 amide bonds. The molecule has 0 aliphatic rings. The fourth-order valence-corrected chi connectivity index (χ4v) is 1.66. The first kappa shape index (κ1) is 21.3. The predicted molar refractivity (Wildman–Crippen MR) is 71.4 cm³/mol. The third-order valence-electron chi connectivity index (χ3n) is 3.29. The Hall–Kier alpha value is -0.660. The van der Waals surface area contributed by atoms with E-state index in [0.717, 1.165) is 0 Å². The average molecular weight is 328 g/mol. The van der Waals surface area contributed by atoms with E-state index in [1.807, 2.05) is 0 Å². The van der Waals surface area contributed by atoms with E-state index in [1.54, 1.807) is 0 Å². The second kappa shape index (κ2) is 9.47. The summed E-state index contributed by atoms with van der Waals surface area (Å²) >= 11 is 0. The zero-order valence-electron chi connectivity index (χ0n) is 11.7. The third-order valence-corrected chi connectivity index (χ3v) is 3.29. The van der Waals surface area contributed by atoms with Crippen LogP contribution in [0.2, 0.25) is 0 Å². The van der Waals surface area contributed by atoms with Crippen LogP contribution in [0, 0.1) is 0 Å². The average Bonchev–Trinajstić information content (AvgIpc) is 2.55. The van der Waals surface area contributed by atoms with Crippen LogP contribution < -0.4 is 0 Å². The zero-order chi connectivity index (χ0) is 17.6. The minimum Gasteiger partial charge on any atom is -0.394 e. The van der Waals surface area contributed by atoms with Crippen molar-refractivity contribution in [2.45, 2.75) is 48.8 Å². The molecular formula is C12H24O10. The van der Waals surface area contributed by atoms with Crippen molar-refractivity contribution < 1.29 is 51.1 Å². The van der Waals surface area contributed by atoms with Crippen LogP contribution in [-0.4, -0.2) is 113 Å². The van der Waals surface area contributed by atoms with E-state index in [4.69, 9.17) is 15.3 Å². The van der Waals surface area contributed by atoms with E-state index >= 15 is 0 Å². The first-order valence-corrected chi connectivity index (χ1v) is 6.45. The van der Waals surface area contributed by atoms with E-state index in [-0.39, 0.29) is 0 Å². The van der Waals surface area contributed by atoms with Gasteiger partial charge < -0.3 is 51.1 Å². The van der Waals surface area contributed by atoms with Crippen LogP contribution in [0.15, 0.2) is 12.2 Å². The van der Waals surface area contributed by atoms with Crippen LogP contribution in [0.3, 0.4) is 0 Å². The Labute approximate surface area is 126 Å². The summed E-state index contributed by atoms with van der Waals surface area (Å²) in [5, 5.41) is 93.3. The van der Waals surface area contributed by atoms with E-state index < -0.39 is 67.6 Å². The van der Waals surface area contributed by atoms with Crippen molar-refractivity contribution in [2.24, 2.45) is 0 Å². The van der Waals surface area contributed by atoms with Crippen molar-refractivity contribution >= 4 is 0 Å². The van der Waals surface area contributed by atoms with E-state index in [2.05, 4.69) is 6.58 Å². The Balaban J connectivity index is 4.86. The Kier molecular flexibility index (Phi) is 9.19. The minimum absolute atomic E-state index is 0.438. The lowest BCUT2D eigenvalue weighted by Gasteiger charge is -2.33. The molecule has 0 aromatic carbocycles. The molecule has 0 fully saturated rings. The maximum absolute atomic E-state index is 9.68. The summed E-state index contributed by atoms with van der Waals surface area (Å²) in [5.74, 6) is 0. The Bertz CT molecular complexity index is 338. The molecule has 0 aliphatic carbocycles. The number of hydrogen-bond acceptors (Lipinski definition) is 10. The van der Waals surface area contributed by atoms with Crippen LogP contribution in [0.25, 0.3) is 0 Å². The molecule has 10 N–H and O–H groups in total. The van der Waals surface area contributed by atoms with Gasteiger partial charge in [0.25, 0.3) is 0 Å². The summed E-state index contributed by atoms with van der Waals surface area (Å²) in [6, 6.07) is 0. The van der Waals surface area contributed by atoms with Crippen molar-refractivity contribution in [3.63, 3.8) is 0 Å². The van der Waals surface area contributed by atoms with E-state index in [0.29, 0.717) is 0 Å². The maximum Gasteiger partial charge on any atom is 0.112 e. The van der Waals surface area contributed by atoms with Crippen LogP contribution in [0.4, 0.5) is 0 Å². The predicted octanol–water partition coefficient (Wildman–Crippen LogP) is -5.59. The highest BCUT2D eigenvalue weighted by molar-refractivity contribution is 5.12. The standard InChI is InChI=1S/C12H24O10/c1-4(5(15)2-13)7(17)9(19)11(21)12(22)10(20)8(18)6(16)3-14/h5-22H,1-3H2/t5-,6+,7-,8?,9?,10?,11?,12?/m1/s1. The van der Waals surface area contributed by atoms with Gasteiger partial charge in [-0.15, -0.1) is 0 Å². The molecule has 0 heterocycles. The summed E-state index contributed by atoms with van der Waals surface area (Å²) in [4.78, 5) is 0. The lowest BCUT2D eigenvalue weighted by atomic mass is 9.91. The van der Waals surface area contributed by atoms with Crippen molar-refractivity contribution in [3.8, 4) is 0 Å². The first-order chi connectivity index (χ1) is 10.1. The second-order valence-electron chi connectivity index (χ2n) is 4.92. The second-order valence-corrected chi connectivity index (χ2v) is 4.92. The molecule has 0 saturated carbocycles. The lowest BCUT2D eigenvalue weighted by molar-refractivity contribution is -0.167. The van der Waals surface area contributed by atoms with Gasteiger partial charge in [-0.3, -0.25) is 0 Å². The molecule has 10 heteroatoms. The van der Waals surface area contributed by atoms with Gasteiger partial charge in [0.1, 0.15) is 48.8 Å². The summed E-state index contributed by atoms with van der Waals surface area (Å²) in [5.41, 5.74) is -0.438. The minimum atomic E-state index is -2.19. The molecular weight excluding hydrogens is 304 g/mol. The Morgan fingerprint density at radius 1 is 0.636 bits per heavy atom. The number of aliphatic hydroxyl groups excluding tert-OH is 10. The molecule has 0 radical (unpaired) electrons. The van der Waals surface area contributed by atoms with E-state index in [9.17, 15) is 35.7 Å². The van der Waals surface area contributed by atoms with Gasteiger partial charge in [-0.1, -0.05) is 6.58 Å². The quantitative estimate of drug-likeness (QED) is 0.172. The lowest BCUT2D eigenvalue weighted by Crippen LogP contribution is -2.55. The Morgan fingerprint density at radius 2 is 1.05 bits per heavy atom. The third kappa shape index (κ3) is 5.21. The molecule has 8 atom stereocenters. The van der Waals surface area contributed by atoms with Crippen LogP contribution in [-0.2, 0) is 0 Å². The van der Waals surface area contributed by atoms with E-state index in [1.165, 1.54) is 0 Å². The topological polar surface area (TPSA) is 202 Å². The van der Waals surface area contributed by atoms with Crippen LogP contribution in [0.1, 0.15) is 0 Å². The van der Waals surface area contributed by atoms with Gasteiger partial charge in [-0.05, 0) is 5.57 Å². The molecule has 0 aliphatic heterocycles. The fourth-order valence-electron chi connectivity index (χ4n) is 1.66. The highest BCUT2D eigenvalue weighted by Crippen LogP contribution is 2.17. The molecule has 10 nitrogen and oxygen atoms in total. The first-order valence-electron chi connectivity index (χ1n) is 6.45. The smallest absolute Gasteiger partial charge is 0.112 e. The van der Waals surface area contributed by atoms with Crippen molar-refractivity contribution in [1.29, 1.82) is 0 Å². The number of rotatable bonds is 10. The summed E-state index contributed by atoms with van der Waals surface area (Å²) in [6.45, 7) is 1.49. The number of hydrogen-bond donors (Lipinski definition) is 10. The van der Waals surface area contributed by atoms with Gasteiger partial charge in [-0.2, -0.15) is 0 Å². The van der Waals surface area contributed by atoms with Gasteiger partial charge in [0, 0.05) is 0 Å². The molecule has 22 heavy (non-hydrogen) atoms. The van der Waals surface area contributed by atoms with Gasteiger partial charge >= 0.3 is 0 Å². The summed E-state index contributed by atoms with van der Waals surface area (Å²) in [7, 11) is 0. The monoisotopic (exact) mass is 328 g/mol. The Morgan fingerprint density at radius 3 is 1.45 bits per heavy atom. The highest BCUT2D eigenvalue weighted by Gasteiger charge is 2.40. The van der Waals surface area contributed by atoms with Gasteiger partial charge in [0.15, 0.2) is 0 Å². The zero-order valence-corrected chi connectivity index (χ0v) is 11.7. The molecule has 0 aromatic rings. The maximum atomic E-state index is 9.68. The molecule has 0 saturated heterocycles. The summed E-state index contributed by atoms with van der Waals surface area (Å²) < 4.78 is 0. The largest absolute Gasteiger partial charge is 0.394 e. The molecule has 5 unspecified atom stereocenters. The highest BCUT2D eigenvalue weighted by atomic mass is 16.4. The van der Waals surface area contributed by atoms with Gasteiger partial charge in [0.2, 0.25) is 0 Å². The SMILES string of the molecule is C=C([C@H](O)CO)[C@@H](O)C(O)C(O)C(O)C(O)C(O)[C@@H](O)CO. The number of aliphatic hydroxyl groups is 10. The molecule has 0 rings (SSSR count). The van der Waals surface area contributed by atoms with Gasteiger partial charge in [0.05, 0.1) is 13.2 Å². The van der Waals surface area contributed by atoms with Gasteiger partial charge in [-0.25, -0.2) is 0 Å². The van der Waals surface area contributed by atoms with Crippen molar-refractivity contribution in [3.05, 3.63) is 12.2 Å².